The summed E-state index contributed by atoms with van der Waals surface area (Å²) in [5.41, 5.74) is 0. The van der Waals surface area contributed by atoms with Gasteiger partial charge in [-0.3, -0.25) is 4.78 Å². The minimum Gasteiger partial charge on any atom is -0.449 e. The number of halogens is 3. The molecule has 0 heterocycles. The summed E-state index contributed by atoms with van der Waals surface area (Å²) in [5, 5.41) is 2.54. The van der Waals surface area contributed by atoms with Crippen LogP contribution in [0.25, 0.3) is 0 Å². The van der Waals surface area contributed by atoms with Crippen molar-refractivity contribution in [1.82, 2.24) is 5.32 Å². The highest BCUT2D eigenvalue weighted by atomic mass is 32.2. The molecule has 0 spiro atoms. The minimum absolute atomic E-state index is 0.0452. The number of alkyl halides is 3. The van der Waals surface area contributed by atoms with Gasteiger partial charge in [-0.1, -0.05) is 13.8 Å². The van der Waals surface area contributed by atoms with Gasteiger partial charge in [-0.15, -0.1) is 0 Å². The van der Waals surface area contributed by atoms with Crippen LogP contribution in [0.5, 0.6) is 0 Å². The first-order valence-electron chi connectivity index (χ1n) is 7.15. The molecule has 0 aliphatic heterocycles. The van der Waals surface area contributed by atoms with Crippen LogP contribution in [-0.4, -0.2) is 40.6 Å². The second kappa shape index (κ2) is 9.22. The highest BCUT2D eigenvalue weighted by Crippen LogP contribution is 2.21. The predicted molar refractivity (Wildman–Crippen MR) is 79.3 cm³/mol. The zero-order valence-electron chi connectivity index (χ0n) is 13.2. The quantitative estimate of drug-likeness (QED) is 0.670. The van der Waals surface area contributed by atoms with Crippen LogP contribution < -0.4 is 5.32 Å². The lowest BCUT2D eigenvalue weighted by Gasteiger charge is -2.16. The maximum absolute atomic E-state index is 12.0. The monoisotopic (exact) mass is 346 g/mol. The van der Waals surface area contributed by atoms with E-state index in [4.69, 9.17) is 9.52 Å². The van der Waals surface area contributed by atoms with Crippen molar-refractivity contribution in [3.63, 3.8) is 0 Å². The Morgan fingerprint density at radius 3 is 2.36 bits per heavy atom. The molecule has 0 radical (unpaired) electrons. The summed E-state index contributed by atoms with van der Waals surface area (Å²) < 4.78 is 60.3. The predicted octanol–water partition coefficient (Wildman–Crippen LogP) is 3.54. The Kier molecular flexibility index (Phi) is 8.80. The molecule has 0 fully saturated rings. The zero-order chi connectivity index (χ0) is 17.4. The van der Waals surface area contributed by atoms with Crippen LogP contribution >= 0.6 is 0 Å². The topological polar surface area (TPSA) is 79.2 Å². The molecule has 0 saturated carbocycles. The number of carbonyl (C=O) groups excluding carboxylic acids is 1. The maximum Gasteiger partial charge on any atom is 0.407 e. The van der Waals surface area contributed by atoms with Crippen molar-refractivity contribution in [3.05, 3.63) is 0 Å². The molecule has 0 aliphatic rings. The molecule has 0 rings (SSSR count). The van der Waals surface area contributed by atoms with Gasteiger partial charge in [0.1, 0.15) is 0 Å². The SMILES string of the molecule is CC(C)COC(=O)N[C@@H](C)CCS(=N)(=O)CCCC(F)(F)F. The summed E-state index contributed by atoms with van der Waals surface area (Å²) in [6.45, 7) is 5.74. The number of alkyl carbamates (subject to hydrolysis) is 1. The molecule has 0 aromatic carbocycles. The summed E-state index contributed by atoms with van der Waals surface area (Å²) in [6.07, 6.45) is -5.97. The first-order chi connectivity index (χ1) is 9.91. The molecule has 22 heavy (non-hydrogen) atoms. The minimum atomic E-state index is -4.29. The maximum atomic E-state index is 12.0. The van der Waals surface area contributed by atoms with Gasteiger partial charge in [0, 0.05) is 33.7 Å². The zero-order valence-corrected chi connectivity index (χ0v) is 14.0. The number of amides is 1. The first-order valence-corrected chi connectivity index (χ1v) is 9.05. The standard InChI is InChI=1S/C13H25F3N2O3S/c1-10(2)9-21-12(19)18-11(3)5-8-22(17,20)7-4-6-13(14,15)16/h10-11,17H,4-9H2,1-3H3,(H,18,19)/t11-,22?/m0/s1. The van der Waals surface area contributed by atoms with Gasteiger partial charge in [-0.05, 0) is 25.7 Å². The smallest absolute Gasteiger partial charge is 0.407 e. The molecule has 0 saturated heterocycles. The first kappa shape index (κ1) is 21.0. The molecular formula is C13H25F3N2O3S. The van der Waals surface area contributed by atoms with Crippen molar-refractivity contribution < 1.29 is 26.9 Å². The Morgan fingerprint density at radius 2 is 1.86 bits per heavy atom. The molecule has 0 aromatic rings. The van der Waals surface area contributed by atoms with E-state index < -0.39 is 28.4 Å². The van der Waals surface area contributed by atoms with E-state index in [0.29, 0.717) is 0 Å². The molecule has 5 nitrogen and oxygen atoms in total. The number of nitrogens with one attached hydrogen (secondary N) is 2. The molecule has 0 aromatic heterocycles. The average molecular weight is 346 g/mol. The van der Waals surface area contributed by atoms with Crippen LogP contribution in [0.2, 0.25) is 0 Å². The average Bonchev–Trinajstić information content (AvgIpc) is 2.32. The van der Waals surface area contributed by atoms with E-state index in [9.17, 15) is 22.2 Å². The van der Waals surface area contributed by atoms with E-state index >= 15 is 0 Å². The van der Waals surface area contributed by atoms with E-state index in [1.807, 2.05) is 13.8 Å². The number of hydrogen-bond donors (Lipinski definition) is 2. The van der Waals surface area contributed by atoms with Gasteiger partial charge in [0.2, 0.25) is 0 Å². The largest absolute Gasteiger partial charge is 0.449 e. The molecule has 2 N–H and O–H groups in total. The van der Waals surface area contributed by atoms with Crippen LogP contribution in [0, 0.1) is 10.7 Å². The number of carbonyl (C=O) groups is 1. The van der Waals surface area contributed by atoms with Gasteiger partial charge in [-0.25, -0.2) is 9.00 Å². The van der Waals surface area contributed by atoms with Gasteiger partial charge < -0.3 is 10.1 Å². The Hall–Kier alpha value is -0.990. The third-order valence-electron chi connectivity index (χ3n) is 2.73. The van der Waals surface area contributed by atoms with E-state index in [2.05, 4.69) is 5.32 Å². The normalized spacial score (nSPS) is 16.1. The van der Waals surface area contributed by atoms with E-state index in [0.717, 1.165) is 0 Å². The second-order valence-corrected chi connectivity index (χ2v) is 8.21. The van der Waals surface area contributed by atoms with Crippen molar-refractivity contribution in [3.8, 4) is 0 Å². The Morgan fingerprint density at radius 1 is 1.27 bits per heavy atom. The van der Waals surface area contributed by atoms with Gasteiger partial charge in [0.25, 0.3) is 0 Å². The molecule has 132 valence electrons. The highest BCUT2D eigenvalue weighted by molar-refractivity contribution is 7.92. The third kappa shape index (κ3) is 12.7. The summed E-state index contributed by atoms with van der Waals surface area (Å²) in [4.78, 5) is 11.4. The molecule has 0 bridgehead atoms. The van der Waals surface area contributed by atoms with Crippen molar-refractivity contribution in [2.45, 2.75) is 52.3 Å². The van der Waals surface area contributed by atoms with E-state index in [-0.39, 0.29) is 42.9 Å². The fourth-order valence-electron chi connectivity index (χ4n) is 1.53. The van der Waals surface area contributed by atoms with E-state index in [1.54, 1.807) is 6.92 Å². The Labute approximate surface area is 130 Å². The summed E-state index contributed by atoms with van der Waals surface area (Å²) in [6, 6.07) is -0.353. The van der Waals surface area contributed by atoms with Gasteiger partial charge in [0.05, 0.1) is 6.61 Å². The number of hydrogen-bond acceptors (Lipinski definition) is 4. The number of ether oxygens (including phenoxy) is 1. The second-order valence-electron chi connectivity index (χ2n) is 5.77. The lowest BCUT2D eigenvalue weighted by Crippen LogP contribution is -2.35. The molecule has 2 atom stereocenters. The fraction of sp³-hybridized carbons (Fsp3) is 0.923. The Balaban J connectivity index is 4.01. The van der Waals surface area contributed by atoms with Crippen LogP contribution in [0.3, 0.4) is 0 Å². The third-order valence-corrected chi connectivity index (χ3v) is 4.57. The van der Waals surface area contributed by atoms with Gasteiger partial charge in [0.15, 0.2) is 0 Å². The lowest BCUT2D eigenvalue weighted by atomic mass is 10.2. The summed E-state index contributed by atoms with van der Waals surface area (Å²) in [5.74, 6) is -0.116. The van der Waals surface area contributed by atoms with Crippen molar-refractivity contribution in [2.24, 2.45) is 5.92 Å². The van der Waals surface area contributed by atoms with Crippen molar-refractivity contribution in [2.75, 3.05) is 18.1 Å². The van der Waals surface area contributed by atoms with Crippen molar-refractivity contribution >= 4 is 15.8 Å². The molecule has 1 unspecified atom stereocenters. The van der Waals surface area contributed by atoms with Crippen LogP contribution in [0.1, 0.15) is 40.0 Å². The summed E-state index contributed by atoms with van der Waals surface area (Å²) >= 11 is 0. The number of rotatable bonds is 9. The van der Waals surface area contributed by atoms with E-state index in [1.165, 1.54) is 0 Å². The van der Waals surface area contributed by atoms with Gasteiger partial charge >= 0.3 is 12.3 Å². The summed E-state index contributed by atoms with van der Waals surface area (Å²) in [7, 11) is -3.05. The molecule has 9 heteroatoms. The van der Waals surface area contributed by atoms with Crippen LogP contribution in [0.15, 0.2) is 0 Å². The van der Waals surface area contributed by atoms with Crippen LogP contribution in [0.4, 0.5) is 18.0 Å². The molecular weight excluding hydrogens is 321 g/mol. The highest BCUT2D eigenvalue weighted by Gasteiger charge is 2.27. The molecule has 1 amide bonds. The van der Waals surface area contributed by atoms with Gasteiger partial charge in [-0.2, -0.15) is 13.2 Å². The fourth-order valence-corrected chi connectivity index (χ4v) is 3.08. The van der Waals surface area contributed by atoms with Crippen LogP contribution in [-0.2, 0) is 14.5 Å². The lowest BCUT2D eigenvalue weighted by molar-refractivity contribution is -0.134. The van der Waals surface area contributed by atoms with Crippen molar-refractivity contribution in [1.29, 1.82) is 4.78 Å². The molecule has 0 aliphatic carbocycles. The Bertz CT molecular complexity index is 436.